The summed E-state index contributed by atoms with van der Waals surface area (Å²) in [7, 11) is 0. The maximum absolute atomic E-state index is 8.30. The van der Waals surface area contributed by atoms with Gasteiger partial charge >= 0.3 is 0 Å². The number of rotatable bonds is 9. The topological polar surface area (TPSA) is 38.7 Å². The Kier molecular flexibility index (Phi) is 9.11. The molecule has 19 heavy (non-hydrogen) atoms. The molecule has 0 atom stereocenters. The molecule has 3 heteroatoms. The molecule has 1 aliphatic carbocycles. The van der Waals surface area contributed by atoms with E-state index in [4.69, 9.17) is 9.99 Å². The lowest BCUT2D eigenvalue weighted by molar-refractivity contribution is -0.231. The molecule has 0 unspecified atom stereocenters. The molecule has 0 amide bonds. The zero-order chi connectivity index (χ0) is 13.8. The first-order valence-electron chi connectivity index (χ1n) is 7.23. The number of hydrogen-bond acceptors (Lipinski definition) is 3. The molecular weight excluding hydrogens is 240 g/mol. The van der Waals surface area contributed by atoms with Crippen LogP contribution >= 0.6 is 0 Å². The van der Waals surface area contributed by atoms with Gasteiger partial charge in [0, 0.05) is 0 Å². The second-order valence-corrected chi connectivity index (χ2v) is 4.99. The highest BCUT2D eigenvalue weighted by atomic mass is 17.1. The Morgan fingerprint density at radius 3 is 2.68 bits per heavy atom. The molecule has 1 rings (SSSR count). The van der Waals surface area contributed by atoms with Crippen LogP contribution in [0.15, 0.2) is 36.6 Å². The third-order valence-corrected chi connectivity index (χ3v) is 3.38. The molecule has 0 bridgehead atoms. The molecule has 3 nitrogen and oxygen atoms in total. The molecule has 1 saturated carbocycles. The van der Waals surface area contributed by atoms with Crippen molar-refractivity contribution in [2.45, 2.75) is 44.9 Å². The van der Waals surface area contributed by atoms with Crippen molar-refractivity contribution >= 4 is 0 Å². The summed E-state index contributed by atoms with van der Waals surface area (Å²) in [5.74, 6) is 1.56. The lowest BCUT2D eigenvalue weighted by Crippen LogP contribution is -2.12. The summed E-state index contributed by atoms with van der Waals surface area (Å²) in [5.41, 5.74) is 0. The van der Waals surface area contributed by atoms with E-state index < -0.39 is 0 Å². The molecule has 0 aliphatic heterocycles. The molecule has 0 spiro atoms. The van der Waals surface area contributed by atoms with Crippen molar-refractivity contribution in [2.75, 3.05) is 13.2 Å². The van der Waals surface area contributed by atoms with Crippen molar-refractivity contribution in [3.63, 3.8) is 0 Å². The smallest absolute Gasteiger partial charge is 0.115 e. The van der Waals surface area contributed by atoms with Crippen molar-refractivity contribution in [1.29, 1.82) is 0 Å². The average Bonchev–Trinajstić information content (AvgIpc) is 2.45. The summed E-state index contributed by atoms with van der Waals surface area (Å²) >= 11 is 0. The molecule has 108 valence electrons. The van der Waals surface area contributed by atoms with Crippen molar-refractivity contribution in [1.82, 2.24) is 0 Å². The quantitative estimate of drug-likeness (QED) is 0.167. The van der Waals surface area contributed by atoms with Gasteiger partial charge in [-0.1, -0.05) is 31.4 Å². The van der Waals surface area contributed by atoms with Crippen LogP contribution in [0.5, 0.6) is 0 Å². The highest BCUT2D eigenvalue weighted by Crippen LogP contribution is 2.24. The number of allylic oxidation sites excluding steroid dienone is 3. The fourth-order valence-corrected chi connectivity index (χ4v) is 2.29. The molecule has 0 saturated heterocycles. The van der Waals surface area contributed by atoms with Gasteiger partial charge in [-0.3, -0.25) is 5.26 Å². The van der Waals surface area contributed by atoms with Gasteiger partial charge in [0.1, 0.15) is 12.4 Å². The molecule has 0 aromatic rings. The fraction of sp³-hybridized carbons (Fsp3) is 0.625. The Morgan fingerprint density at radius 2 is 2.00 bits per heavy atom. The van der Waals surface area contributed by atoms with E-state index in [2.05, 4.69) is 17.5 Å². The van der Waals surface area contributed by atoms with Crippen LogP contribution < -0.4 is 0 Å². The van der Waals surface area contributed by atoms with Crippen LogP contribution in [0.4, 0.5) is 0 Å². The lowest BCUT2D eigenvalue weighted by Gasteiger charge is -2.22. The van der Waals surface area contributed by atoms with E-state index in [1.165, 1.54) is 32.1 Å². The molecule has 0 radical (unpaired) electrons. The summed E-state index contributed by atoms with van der Waals surface area (Å²) in [6.07, 6.45) is 16.0. The van der Waals surface area contributed by atoms with Gasteiger partial charge in [-0.25, -0.2) is 4.89 Å². The minimum absolute atomic E-state index is 0.186. The van der Waals surface area contributed by atoms with Crippen LogP contribution in [0.3, 0.4) is 0 Å². The van der Waals surface area contributed by atoms with Gasteiger partial charge in [0.25, 0.3) is 0 Å². The minimum atomic E-state index is 0.186. The maximum atomic E-state index is 8.30. The van der Waals surface area contributed by atoms with Gasteiger partial charge in [0.05, 0.1) is 6.61 Å². The first-order chi connectivity index (χ1) is 9.36. The molecule has 1 fully saturated rings. The predicted molar refractivity (Wildman–Crippen MR) is 77.8 cm³/mol. The standard InChI is InChI=1S/C16H26O3/c1-2-3-5-11-16(12-8-13-19-17)18-14-15-9-6-4-7-10-15/h2,8,11-12,15,17H,1,3-7,9-10,13-14H2/b12-8-,16-11+. The molecule has 1 N–H and O–H groups in total. The maximum Gasteiger partial charge on any atom is 0.115 e. The zero-order valence-electron chi connectivity index (χ0n) is 11.7. The van der Waals surface area contributed by atoms with Crippen LogP contribution in [-0.4, -0.2) is 18.5 Å². The van der Waals surface area contributed by atoms with Crippen molar-refractivity contribution in [2.24, 2.45) is 5.92 Å². The Balaban J connectivity index is 2.37. The molecular formula is C16H26O3. The third-order valence-electron chi connectivity index (χ3n) is 3.38. The predicted octanol–water partition coefficient (Wildman–Crippen LogP) is 4.48. The van der Waals surface area contributed by atoms with E-state index in [1.54, 1.807) is 6.08 Å². The second kappa shape index (κ2) is 10.8. The molecule has 0 heterocycles. The van der Waals surface area contributed by atoms with Gasteiger partial charge in [0.2, 0.25) is 0 Å². The van der Waals surface area contributed by atoms with E-state index in [9.17, 15) is 0 Å². The molecule has 1 aliphatic rings. The van der Waals surface area contributed by atoms with E-state index in [-0.39, 0.29) is 6.61 Å². The summed E-state index contributed by atoms with van der Waals surface area (Å²) in [6.45, 7) is 4.69. The monoisotopic (exact) mass is 266 g/mol. The Bertz CT molecular complexity index is 288. The van der Waals surface area contributed by atoms with Crippen LogP contribution in [0.2, 0.25) is 0 Å². The Morgan fingerprint density at radius 1 is 1.21 bits per heavy atom. The van der Waals surface area contributed by atoms with E-state index in [0.29, 0.717) is 5.92 Å². The van der Waals surface area contributed by atoms with Crippen LogP contribution in [-0.2, 0) is 9.62 Å². The van der Waals surface area contributed by atoms with E-state index >= 15 is 0 Å². The van der Waals surface area contributed by atoms with Gasteiger partial charge < -0.3 is 4.74 Å². The van der Waals surface area contributed by atoms with Crippen LogP contribution in [0, 0.1) is 5.92 Å². The number of hydrogen-bond donors (Lipinski definition) is 1. The summed E-state index contributed by atoms with van der Waals surface area (Å²) in [6, 6.07) is 0. The first kappa shape index (κ1) is 16.0. The van der Waals surface area contributed by atoms with E-state index in [0.717, 1.165) is 25.2 Å². The van der Waals surface area contributed by atoms with Gasteiger partial charge in [-0.05, 0) is 43.8 Å². The normalized spacial score (nSPS) is 17.8. The first-order valence-corrected chi connectivity index (χ1v) is 7.23. The SMILES string of the molecule is C=CCC/C=C(\C=C/COO)OCC1CCCCC1. The van der Waals surface area contributed by atoms with Crippen molar-refractivity contribution < 1.29 is 14.9 Å². The fourth-order valence-electron chi connectivity index (χ4n) is 2.29. The van der Waals surface area contributed by atoms with Crippen LogP contribution in [0.25, 0.3) is 0 Å². The highest BCUT2D eigenvalue weighted by molar-refractivity contribution is 5.12. The van der Waals surface area contributed by atoms with Gasteiger partial charge in [-0.15, -0.1) is 6.58 Å². The largest absolute Gasteiger partial charge is 0.494 e. The zero-order valence-corrected chi connectivity index (χ0v) is 11.7. The number of unbranched alkanes of at least 4 members (excludes halogenated alkanes) is 1. The summed E-state index contributed by atoms with van der Waals surface area (Å²) < 4.78 is 5.88. The number of ether oxygens (including phenoxy) is 1. The average molecular weight is 266 g/mol. The molecule has 0 aromatic heterocycles. The van der Waals surface area contributed by atoms with Crippen LogP contribution in [0.1, 0.15) is 44.9 Å². The minimum Gasteiger partial charge on any atom is -0.494 e. The second-order valence-electron chi connectivity index (χ2n) is 4.99. The van der Waals surface area contributed by atoms with Gasteiger partial charge in [0.15, 0.2) is 0 Å². The summed E-state index contributed by atoms with van der Waals surface area (Å²) in [4.78, 5) is 4.03. The third kappa shape index (κ3) is 7.85. The highest BCUT2D eigenvalue weighted by Gasteiger charge is 2.13. The molecule has 0 aromatic carbocycles. The van der Waals surface area contributed by atoms with Gasteiger partial charge in [-0.2, -0.15) is 0 Å². The Hall–Kier alpha value is -1.06. The van der Waals surface area contributed by atoms with Crippen molar-refractivity contribution in [3.05, 3.63) is 36.6 Å². The van der Waals surface area contributed by atoms with E-state index in [1.807, 2.05) is 12.2 Å². The Labute approximate surface area is 116 Å². The lowest BCUT2D eigenvalue weighted by atomic mass is 9.90. The summed E-state index contributed by atoms with van der Waals surface area (Å²) in [5, 5.41) is 8.30. The van der Waals surface area contributed by atoms with Crippen molar-refractivity contribution in [3.8, 4) is 0 Å².